The lowest BCUT2D eigenvalue weighted by Gasteiger charge is -1.97. The first-order valence-electron chi connectivity index (χ1n) is 6.31. The number of carboxylic acid groups (broad SMARTS) is 1. The standard InChI is InChI=1S/C15H15N3O2/c1-9-4-5-13-10(6-9)11(8-17(13)2)12-7-14(15(19)20)18(3)16-12/h4-8H,1-3H3,(H,19,20). The second-order valence-corrected chi connectivity index (χ2v) is 5.02. The Kier molecular flexibility index (Phi) is 2.64. The maximum atomic E-state index is 11.1. The number of carboxylic acids is 1. The van der Waals surface area contributed by atoms with E-state index in [-0.39, 0.29) is 5.69 Å². The van der Waals surface area contributed by atoms with Gasteiger partial charge in [0.05, 0.1) is 5.69 Å². The first kappa shape index (κ1) is 12.5. The highest BCUT2D eigenvalue weighted by Crippen LogP contribution is 2.30. The zero-order valence-corrected chi connectivity index (χ0v) is 11.6. The predicted molar refractivity (Wildman–Crippen MR) is 76.8 cm³/mol. The number of hydrogen-bond donors (Lipinski definition) is 1. The maximum absolute atomic E-state index is 11.1. The molecule has 0 aliphatic carbocycles. The molecule has 1 N–H and O–H groups in total. The average molecular weight is 269 g/mol. The maximum Gasteiger partial charge on any atom is 0.354 e. The molecular weight excluding hydrogens is 254 g/mol. The van der Waals surface area contributed by atoms with E-state index in [2.05, 4.69) is 23.3 Å². The molecule has 0 aliphatic heterocycles. The lowest BCUT2D eigenvalue weighted by molar-refractivity contribution is 0.0685. The number of aryl methyl sites for hydroxylation is 3. The van der Waals surface area contributed by atoms with Crippen molar-refractivity contribution in [3.63, 3.8) is 0 Å². The van der Waals surface area contributed by atoms with Gasteiger partial charge in [0, 0.05) is 36.8 Å². The second-order valence-electron chi connectivity index (χ2n) is 5.02. The fourth-order valence-corrected chi connectivity index (χ4v) is 2.51. The molecule has 0 saturated heterocycles. The summed E-state index contributed by atoms with van der Waals surface area (Å²) in [6.45, 7) is 2.04. The van der Waals surface area contributed by atoms with E-state index in [0.29, 0.717) is 5.69 Å². The molecule has 20 heavy (non-hydrogen) atoms. The minimum atomic E-state index is -0.970. The van der Waals surface area contributed by atoms with E-state index in [1.807, 2.05) is 24.7 Å². The van der Waals surface area contributed by atoms with Gasteiger partial charge in [-0.15, -0.1) is 0 Å². The molecule has 0 radical (unpaired) electrons. The molecule has 5 heteroatoms. The fraction of sp³-hybridized carbons (Fsp3) is 0.200. The molecule has 0 unspecified atom stereocenters. The molecule has 3 aromatic rings. The van der Waals surface area contributed by atoms with Crippen LogP contribution in [0.1, 0.15) is 16.1 Å². The highest BCUT2D eigenvalue weighted by atomic mass is 16.4. The molecule has 3 rings (SSSR count). The van der Waals surface area contributed by atoms with E-state index in [0.717, 1.165) is 16.5 Å². The molecular formula is C15H15N3O2. The average Bonchev–Trinajstić information content (AvgIpc) is 2.90. The van der Waals surface area contributed by atoms with Crippen LogP contribution in [0.3, 0.4) is 0 Å². The van der Waals surface area contributed by atoms with Crippen LogP contribution in [0.2, 0.25) is 0 Å². The molecule has 0 saturated carbocycles. The van der Waals surface area contributed by atoms with Crippen molar-refractivity contribution < 1.29 is 9.90 Å². The van der Waals surface area contributed by atoms with Crippen LogP contribution in [0.5, 0.6) is 0 Å². The third-order valence-corrected chi connectivity index (χ3v) is 3.52. The van der Waals surface area contributed by atoms with Gasteiger partial charge in [-0.05, 0) is 25.1 Å². The number of fused-ring (bicyclic) bond motifs is 1. The summed E-state index contributed by atoms with van der Waals surface area (Å²) in [6, 6.07) is 7.83. The Labute approximate surface area is 116 Å². The topological polar surface area (TPSA) is 60.0 Å². The van der Waals surface area contributed by atoms with Crippen LogP contribution >= 0.6 is 0 Å². The minimum Gasteiger partial charge on any atom is -0.477 e. The zero-order valence-electron chi connectivity index (χ0n) is 11.6. The Morgan fingerprint density at radius 1 is 1.25 bits per heavy atom. The monoisotopic (exact) mass is 269 g/mol. The van der Waals surface area contributed by atoms with E-state index < -0.39 is 5.97 Å². The number of aromatic carboxylic acids is 1. The van der Waals surface area contributed by atoms with Crippen molar-refractivity contribution in [2.75, 3.05) is 0 Å². The molecule has 5 nitrogen and oxygen atoms in total. The number of hydrogen-bond acceptors (Lipinski definition) is 2. The van der Waals surface area contributed by atoms with Crippen molar-refractivity contribution in [3.8, 4) is 11.3 Å². The van der Waals surface area contributed by atoms with Crippen LogP contribution in [0.15, 0.2) is 30.5 Å². The van der Waals surface area contributed by atoms with E-state index in [4.69, 9.17) is 5.11 Å². The summed E-state index contributed by atoms with van der Waals surface area (Å²) in [6.07, 6.45) is 1.98. The minimum absolute atomic E-state index is 0.185. The molecule has 102 valence electrons. The van der Waals surface area contributed by atoms with Gasteiger partial charge in [0.15, 0.2) is 0 Å². The van der Waals surface area contributed by atoms with Crippen molar-refractivity contribution in [2.24, 2.45) is 14.1 Å². The van der Waals surface area contributed by atoms with Gasteiger partial charge in [-0.2, -0.15) is 5.10 Å². The third-order valence-electron chi connectivity index (χ3n) is 3.52. The smallest absolute Gasteiger partial charge is 0.354 e. The number of benzene rings is 1. The molecule has 0 aliphatic rings. The molecule has 0 atom stereocenters. The summed E-state index contributed by atoms with van der Waals surface area (Å²) in [5.74, 6) is -0.970. The van der Waals surface area contributed by atoms with Crippen molar-refractivity contribution in [1.29, 1.82) is 0 Å². The Hall–Kier alpha value is -2.56. The largest absolute Gasteiger partial charge is 0.477 e. The Balaban J connectivity index is 2.27. The van der Waals surface area contributed by atoms with Gasteiger partial charge in [-0.25, -0.2) is 4.79 Å². The van der Waals surface area contributed by atoms with Crippen molar-refractivity contribution in [3.05, 3.63) is 41.7 Å². The second kappa shape index (κ2) is 4.23. The van der Waals surface area contributed by atoms with Gasteiger partial charge in [-0.3, -0.25) is 4.68 Å². The van der Waals surface area contributed by atoms with E-state index in [1.165, 1.54) is 10.2 Å². The molecule has 2 aromatic heterocycles. The van der Waals surface area contributed by atoms with Gasteiger partial charge < -0.3 is 9.67 Å². The Morgan fingerprint density at radius 3 is 2.65 bits per heavy atom. The number of nitrogens with zero attached hydrogens (tertiary/aromatic N) is 3. The van der Waals surface area contributed by atoms with Crippen LogP contribution in [-0.4, -0.2) is 25.4 Å². The molecule has 0 spiro atoms. The van der Waals surface area contributed by atoms with Crippen molar-refractivity contribution >= 4 is 16.9 Å². The van der Waals surface area contributed by atoms with Crippen LogP contribution < -0.4 is 0 Å². The Morgan fingerprint density at radius 2 is 2.00 bits per heavy atom. The zero-order chi connectivity index (χ0) is 14.4. The normalized spacial score (nSPS) is 11.2. The molecule has 0 amide bonds. The van der Waals surface area contributed by atoms with Crippen LogP contribution in [-0.2, 0) is 14.1 Å². The van der Waals surface area contributed by atoms with Gasteiger partial charge in [0.2, 0.25) is 0 Å². The summed E-state index contributed by atoms with van der Waals surface area (Å²) in [5, 5.41) is 14.5. The van der Waals surface area contributed by atoms with Crippen LogP contribution in [0.25, 0.3) is 22.2 Å². The summed E-state index contributed by atoms with van der Waals surface area (Å²) in [5.41, 5.74) is 4.09. The Bertz CT molecular complexity index is 827. The van der Waals surface area contributed by atoms with E-state index in [9.17, 15) is 4.79 Å². The van der Waals surface area contributed by atoms with Crippen molar-refractivity contribution in [1.82, 2.24) is 14.3 Å². The quantitative estimate of drug-likeness (QED) is 0.778. The van der Waals surface area contributed by atoms with Gasteiger partial charge in [-0.1, -0.05) is 11.6 Å². The van der Waals surface area contributed by atoms with Gasteiger partial charge >= 0.3 is 5.97 Å². The molecule has 0 bridgehead atoms. The highest BCUT2D eigenvalue weighted by Gasteiger charge is 2.16. The van der Waals surface area contributed by atoms with Gasteiger partial charge in [0.25, 0.3) is 0 Å². The van der Waals surface area contributed by atoms with Gasteiger partial charge in [0.1, 0.15) is 5.69 Å². The third kappa shape index (κ3) is 1.79. The van der Waals surface area contributed by atoms with Crippen LogP contribution in [0, 0.1) is 6.92 Å². The molecule has 0 fully saturated rings. The lowest BCUT2D eigenvalue weighted by Crippen LogP contribution is -2.04. The van der Waals surface area contributed by atoms with E-state index in [1.54, 1.807) is 13.1 Å². The number of rotatable bonds is 2. The van der Waals surface area contributed by atoms with Crippen molar-refractivity contribution in [2.45, 2.75) is 6.92 Å². The first-order valence-corrected chi connectivity index (χ1v) is 6.31. The first-order chi connectivity index (χ1) is 9.47. The molecule has 2 heterocycles. The highest BCUT2D eigenvalue weighted by molar-refractivity contribution is 5.97. The summed E-state index contributed by atoms with van der Waals surface area (Å²) >= 11 is 0. The van der Waals surface area contributed by atoms with E-state index >= 15 is 0 Å². The predicted octanol–water partition coefficient (Wildman–Crippen LogP) is 2.59. The lowest BCUT2D eigenvalue weighted by atomic mass is 10.1. The summed E-state index contributed by atoms with van der Waals surface area (Å²) in [4.78, 5) is 11.1. The SMILES string of the molecule is Cc1ccc2c(c1)c(-c1cc(C(=O)O)n(C)n1)cn2C. The number of aromatic nitrogens is 3. The fourth-order valence-electron chi connectivity index (χ4n) is 2.51. The van der Waals surface area contributed by atoms with Crippen LogP contribution in [0.4, 0.5) is 0 Å². The summed E-state index contributed by atoms with van der Waals surface area (Å²) < 4.78 is 3.42. The molecule has 1 aromatic carbocycles. The summed E-state index contributed by atoms with van der Waals surface area (Å²) in [7, 11) is 3.62. The number of carbonyl (C=O) groups is 1.